The summed E-state index contributed by atoms with van der Waals surface area (Å²) in [4.78, 5) is 38.9. The molecule has 0 saturated carbocycles. The van der Waals surface area contributed by atoms with E-state index >= 15 is 0 Å². The number of carbonyl (C=O) groups excluding carboxylic acids is 3. The number of piperazine rings is 1. The first-order valence-corrected chi connectivity index (χ1v) is 8.15. The minimum absolute atomic E-state index is 0.000816. The predicted octanol–water partition coefficient (Wildman–Crippen LogP) is 1.23. The number of alkyl carbamates (subject to hydrolysis) is 1. The van der Waals surface area contributed by atoms with Gasteiger partial charge in [-0.15, -0.1) is 0 Å². The fourth-order valence-corrected chi connectivity index (χ4v) is 2.36. The SMILES string of the molecule is CCC(C)C(NC(=O)OC(C)(C)C)C(=O)N1CCN(C=O)CC1. The minimum atomic E-state index is -0.613. The minimum Gasteiger partial charge on any atom is -0.444 e. The molecule has 0 aromatic rings. The molecule has 132 valence electrons. The highest BCUT2D eigenvalue weighted by molar-refractivity contribution is 5.86. The first kappa shape index (κ1) is 19.3. The summed E-state index contributed by atoms with van der Waals surface area (Å²) in [6.07, 6.45) is 0.982. The fraction of sp³-hybridized carbons (Fsp3) is 0.812. The van der Waals surface area contributed by atoms with Crippen molar-refractivity contribution >= 4 is 18.4 Å². The molecule has 2 atom stereocenters. The number of nitrogens with zero attached hydrogens (tertiary/aromatic N) is 2. The van der Waals surface area contributed by atoms with Crippen molar-refractivity contribution in [2.75, 3.05) is 26.2 Å². The van der Waals surface area contributed by atoms with Crippen molar-refractivity contribution in [2.45, 2.75) is 52.7 Å². The first-order valence-electron chi connectivity index (χ1n) is 8.15. The maximum atomic E-state index is 12.7. The molecule has 1 heterocycles. The molecule has 7 nitrogen and oxygen atoms in total. The van der Waals surface area contributed by atoms with Gasteiger partial charge in [0.05, 0.1) is 0 Å². The van der Waals surface area contributed by atoms with Crippen molar-refractivity contribution in [1.82, 2.24) is 15.1 Å². The second-order valence-electron chi connectivity index (χ2n) is 6.98. The average molecular weight is 327 g/mol. The molecule has 0 spiro atoms. The highest BCUT2D eigenvalue weighted by atomic mass is 16.6. The molecule has 1 rings (SSSR count). The standard InChI is InChI=1S/C16H29N3O4/c1-6-12(2)13(17-15(22)23-16(3,4)5)14(21)19-9-7-18(11-20)8-10-19/h11-13H,6-10H2,1-5H3,(H,17,22). The predicted molar refractivity (Wildman–Crippen MR) is 86.8 cm³/mol. The molecule has 23 heavy (non-hydrogen) atoms. The van der Waals surface area contributed by atoms with Gasteiger partial charge in [-0.2, -0.15) is 0 Å². The molecule has 7 heteroatoms. The molecule has 0 bridgehead atoms. The number of carbonyl (C=O) groups is 3. The summed E-state index contributed by atoms with van der Waals surface area (Å²) >= 11 is 0. The first-order chi connectivity index (χ1) is 10.7. The lowest BCUT2D eigenvalue weighted by Gasteiger charge is -2.36. The van der Waals surface area contributed by atoms with Crippen LogP contribution in [-0.2, 0) is 14.3 Å². The Kier molecular flexibility index (Phi) is 6.84. The third kappa shape index (κ3) is 6.08. The molecule has 1 N–H and O–H groups in total. The fourth-order valence-electron chi connectivity index (χ4n) is 2.36. The maximum absolute atomic E-state index is 12.7. The van der Waals surface area contributed by atoms with Gasteiger partial charge in [-0.1, -0.05) is 20.3 Å². The van der Waals surface area contributed by atoms with Gasteiger partial charge in [-0.05, 0) is 26.7 Å². The molecule has 1 fully saturated rings. The normalized spacial score (nSPS) is 18.1. The second kappa shape index (κ2) is 8.17. The smallest absolute Gasteiger partial charge is 0.408 e. The highest BCUT2D eigenvalue weighted by Gasteiger charge is 2.32. The summed E-state index contributed by atoms with van der Waals surface area (Å²) in [6.45, 7) is 11.3. The monoisotopic (exact) mass is 327 g/mol. The maximum Gasteiger partial charge on any atom is 0.408 e. The summed E-state index contributed by atoms with van der Waals surface area (Å²) in [5.74, 6) is -0.116. The molecule has 1 saturated heterocycles. The lowest BCUT2D eigenvalue weighted by atomic mass is 9.97. The zero-order valence-electron chi connectivity index (χ0n) is 14.8. The van der Waals surface area contributed by atoms with Gasteiger partial charge >= 0.3 is 6.09 Å². The zero-order chi connectivity index (χ0) is 17.6. The van der Waals surface area contributed by atoms with E-state index in [1.807, 2.05) is 13.8 Å². The van der Waals surface area contributed by atoms with E-state index in [0.29, 0.717) is 26.2 Å². The largest absolute Gasteiger partial charge is 0.444 e. The highest BCUT2D eigenvalue weighted by Crippen LogP contribution is 2.14. The van der Waals surface area contributed by atoms with Crippen molar-refractivity contribution in [1.29, 1.82) is 0 Å². The Hall–Kier alpha value is -1.79. The number of hydrogen-bond acceptors (Lipinski definition) is 4. The van der Waals surface area contributed by atoms with E-state index < -0.39 is 17.7 Å². The van der Waals surface area contributed by atoms with E-state index in [9.17, 15) is 14.4 Å². The Bertz CT molecular complexity index is 426. The lowest BCUT2D eigenvalue weighted by Crippen LogP contribution is -2.56. The summed E-state index contributed by atoms with van der Waals surface area (Å²) < 4.78 is 5.26. The number of nitrogens with one attached hydrogen (secondary N) is 1. The van der Waals surface area contributed by atoms with Crippen LogP contribution in [0, 0.1) is 5.92 Å². The quantitative estimate of drug-likeness (QED) is 0.770. The van der Waals surface area contributed by atoms with Crippen LogP contribution in [0.15, 0.2) is 0 Å². The van der Waals surface area contributed by atoms with Crippen LogP contribution in [0.1, 0.15) is 41.0 Å². The van der Waals surface area contributed by atoms with Crippen LogP contribution in [-0.4, -0.2) is 66.0 Å². The van der Waals surface area contributed by atoms with Gasteiger partial charge in [-0.25, -0.2) is 4.79 Å². The van der Waals surface area contributed by atoms with Gasteiger partial charge in [0, 0.05) is 26.2 Å². The van der Waals surface area contributed by atoms with E-state index in [2.05, 4.69) is 5.32 Å². The van der Waals surface area contributed by atoms with Crippen LogP contribution in [0.3, 0.4) is 0 Å². The van der Waals surface area contributed by atoms with E-state index in [4.69, 9.17) is 4.74 Å². The van der Waals surface area contributed by atoms with Gasteiger partial charge in [0.1, 0.15) is 11.6 Å². The summed E-state index contributed by atoms with van der Waals surface area (Å²) in [6, 6.07) is -0.613. The molecule has 1 aliphatic rings. The van der Waals surface area contributed by atoms with Crippen molar-refractivity contribution in [3.05, 3.63) is 0 Å². The topological polar surface area (TPSA) is 79.0 Å². The van der Waals surface area contributed by atoms with Gasteiger partial charge in [0.25, 0.3) is 0 Å². The van der Waals surface area contributed by atoms with E-state index in [-0.39, 0.29) is 11.8 Å². The Balaban J connectivity index is 2.72. The van der Waals surface area contributed by atoms with Crippen LogP contribution >= 0.6 is 0 Å². The van der Waals surface area contributed by atoms with E-state index in [1.165, 1.54) is 0 Å². The van der Waals surface area contributed by atoms with E-state index in [1.54, 1.807) is 30.6 Å². The van der Waals surface area contributed by atoms with Crippen LogP contribution in [0.4, 0.5) is 4.79 Å². The Morgan fingerprint density at radius 2 is 1.78 bits per heavy atom. The molecular formula is C16H29N3O4. The molecule has 0 aromatic heterocycles. The second-order valence-corrected chi connectivity index (χ2v) is 6.98. The Morgan fingerprint density at radius 1 is 1.22 bits per heavy atom. The number of ether oxygens (including phenoxy) is 1. The average Bonchev–Trinajstić information content (AvgIpc) is 2.49. The van der Waals surface area contributed by atoms with Crippen LogP contribution < -0.4 is 5.32 Å². The van der Waals surface area contributed by atoms with Crippen LogP contribution in [0.2, 0.25) is 0 Å². The molecule has 2 unspecified atom stereocenters. The van der Waals surface area contributed by atoms with Gasteiger partial charge in [-0.3, -0.25) is 9.59 Å². The molecule has 1 aliphatic heterocycles. The third-order valence-corrected chi connectivity index (χ3v) is 3.93. The van der Waals surface area contributed by atoms with Crippen molar-refractivity contribution in [3.8, 4) is 0 Å². The zero-order valence-corrected chi connectivity index (χ0v) is 14.8. The molecular weight excluding hydrogens is 298 g/mol. The summed E-state index contributed by atoms with van der Waals surface area (Å²) in [5.41, 5.74) is -0.608. The van der Waals surface area contributed by atoms with Crippen molar-refractivity contribution in [3.63, 3.8) is 0 Å². The van der Waals surface area contributed by atoms with Gasteiger partial charge in [0.2, 0.25) is 12.3 Å². The van der Waals surface area contributed by atoms with Crippen LogP contribution in [0.5, 0.6) is 0 Å². The number of hydrogen-bond donors (Lipinski definition) is 1. The number of rotatable bonds is 5. The molecule has 0 aromatic carbocycles. The van der Waals surface area contributed by atoms with Gasteiger partial charge < -0.3 is 19.9 Å². The lowest BCUT2D eigenvalue weighted by molar-refractivity contribution is -0.138. The summed E-state index contributed by atoms with van der Waals surface area (Å²) in [7, 11) is 0. The van der Waals surface area contributed by atoms with Gasteiger partial charge in [0.15, 0.2) is 0 Å². The third-order valence-electron chi connectivity index (χ3n) is 3.93. The Morgan fingerprint density at radius 3 is 2.22 bits per heavy atom. The number of amides is 3. The van der Waals surface area contributed by atoms with E-state index in [0.717, 1.165) is 12.8 Å². The summed E-state index contributed by atoms with van der Waals surface area (Å²) in [5, 5.41) is 2.71. The van der Waals surface area contributed by atoms with Crippen LogP contribution in [0.25, 0.3) is 0 Å². The molecule has 3 amide bonds. The van der Waals surface area contributed by atoms with Crippen molar-refractivity contribution in [2.24, 2.45) is 5.92 Å². The molecule has 0 aliphatic carbocycles. The Labute approximate surface area is 138 Å². The molecule has 0 radical (unpaired) electrons. The van der Waals surface area contributed by atoms with Crippen molar-refractivity contribution < 1.29 is 19.1 Å².